The zero-order chi connectivity index (χ0) is 22.3. The molecule has 2 aromatic carbocycles. The van der Waals surface area contributed by atoms with Crippen LogP contribution in [0.1, 0.15) is 88.1 Å². The lowest BCUT2D eigenvalue weighted by atomic mass is 9.75. The Labute approximate surface area is 179 Å². The van der Waals surface area contributed by atoms with E-state index in [-0.39, 0.29) is 22.5 Å². The van der Waals surface area contributed by atoms with Crippen LogP contribution in [0.2, 0.25) is 0 Å². The molecule has 0 bridgehead atoms. The number of hydrogen-bond acceptors (Lipinski definition) is 4. The van der Waals surface area contributed by atoms with Crippen molar-refractivity contribution in [3.05, 3.63) is 76.5 Å². The Morgan fingerprint density at radius 2 is 1.50 bits per heavy atom. The highest BCUT2D eigenvalue weighted by Gasteiger charge is 2.31. The summed E-state index contributed by atoms with van der Waals surface area (Å²) in [6, 6.07) is 11.5. The Morgan fingerprint density at radius 3 is 2.00 bits per heavy atom. The summed E-state index contributed by atoms with van der Waals surface area (Å²) in [4.78, 5) is 4.55. The van der Waals surface area contributed by atoms with Crippen molar-refractivity contribution in [1.29, 1.82) is 0 Å². The van der Waals surface area contributed by atoms with Crippen LogP contribution in [0, 0.1) is 0 Å². The number of rotatable bonds is 4. The average molecular weight is 408 g/mol. The van der Waals surface area contributed by atoms with Gasteiger partial charge in [-0.3, -0.25) is 0 Å². The van der Waals surface area contributed by atoms with Crippen LogP contribution in [0.5, 0.6) is 11.5 Å². The summed E-state index contributed by atoms with van der Waals surface area (Å²) in [5.74, 6) is 1.05. The molecule has 2 N–H and O–H groups in total. The molecule has 0 aliphatic carbocycles. The molecule has 30 heavy (non-hydrogen) atoms. The van der Waals surface area contributed by atoms with Crippen molar-refractivity contribution in [1.82, 2.24) is 4.98 Å². The molecule has 3 aromatic rings. The predicted molar refractivity (Wildman–Crippen MR) is 120 cm³/mol. The van der Waals surface area contributed by atoms with Crippen LogP contribution >= 0.6 is 0 Å². The number of aromatic hydroxyl groups is 2. The monoisotopic (exact) mass is 407 g/mol. The minimum absolute atomic E-state index is 0.218. The Hall–Kier alpha value is -2.75. The number of oxazole rings is 1. The van der Waals surface area contributed by atoms with E-state index in [2.05, 4.69) is 58.7 Å². The molecule has 3 rings (SSSR count). The number of benzene rings is 2. The maximum Gasteiger partial charge on any atom is 0.181 e. The van der Waals surface area contributed by atoms with Crippen molar-refractivity contribution >= 4 is 0 Å². The van der Waals surface area contributed by atoms with E-state index < -0.39 is 0 Å². The van der Waals surface area contributed by atoms with Crippen LogP contribution in [0.25, 0.3) is 0 Å². The van der Waals surface area contributed by atoms with Crippen molar-refractivity contribution < 1.29 is 14.6 Å². The number of phenolic OH excluding ortho intramolecular Hbond substituents is 2. The van der Waals surface area contributed by atoms with Crippen molar-refractivity contribution in [2.24, 2.45) is 0 Å². The molecule has 0 aliphatic rings. The quantitative estimate of drug-likeness (QED) is 0.523. The first-order valence-electron chi connectivity index (χ1n) is 10.5. The molecule has 1 unspecified atom stereocenters. The summed E-state index contributed by atoms with van der Waals surface area (Å²) in [6.07, 6.45) is 2.17. The van der Waals surface area contributed by atoms with Gasteiger partial charge in [0.15, 0.2) is 6.39 Å². The number of aromatic nitrogens is 1. The fraction of sp³-hybridized carbons (Fsp3) is 0.423. The number of phenols is 2. The van der Waals surface area contributed by atoms with E-state index in [4.69, 9.17) is 4.42 Å². The highest BCUT2D eigenvalue weighted by molar-refractivity contribution is 5.55. The molecule has 0 fully saturated rings. The Kier molecular flexibility index (Phi) is 5.72. The van der Waals surface area contributed by atoms with Crippen LogP contribution in [0.3, 0.4) is 0 Å². The van der Waals surface area contributed by atoms with Crippen LogP contribution in [0.4, 0.5) is 0 Å². The normalized spacial score (nSPS) is 13.4. The molecule has 0 radical (unpaired) electrons. The molecular weight excluding hydrogens is 374 g/mol. The van der Waals surface area contributed by atoms with Crippen LogP contribution in [-0.4, -0.2) is 15.2 Å². The molecule has 0 saturated heterocycles. The van der Waals surface area contributed by atoms with E-state index in [0.29, 0.717) is 12.2 Å². The molecule has 4 nitrogen and oxygen atoms in total. The molecule has 0 saturated carbocycles. The highest BCUT2D eigenvalue weighted by atomic mass is 16.3. The van der Waals surface area contributed by atoms with Crippen molar-refractivity contribution in [3.8, 4) is 11.5 Å². The Bertz CT molecular complexity index is 1000. The Balaban J connectivity index is 2.38. The van der Waals surface area contributed by atoms with Gasteiger partial charge in [0.05, 0.1) is 11.6 Å². The van der Waals surface area contributed by atoms with E-state index in [1.807, 2.05) is 25.1 Å². The van der Waals surface area contributed by atoms with E-state index in [0.717, 1.165) is 33.7 Å². The molecule has 0 spiro atoms. The summed E-state index contributed by atoms with van der Waals surface area (Å²) in [5.41, 5.74) is 3.81. The number of aryl methyl sites for hydroxylation is 1. The summed E-state index contributed by atoms with van der Waals surface area (Å²) in [7, 11) is 0. The second-order valence-electron chi connectivity index (χ2n) is 9.97. The van der Waals surface area contributed by atoms with Gasteiger partial charge in [-0.25, -0.2) is 4.98 Å². The standard InChI is InChI=1S/C26H33NO3/c1-8-21-23(27-15-30-21)22(17-11-9-10-12-20(17)28)16-13-18(25(2,3)4)24(29)19(14-16)26(5,6)7/h9-15,22,28-29H,8H2,1-7H3. The highest BCUT2D eigenvalue weighted by Crippen LogP contribution is 2.45. The first-order chi connectivity index (χ1) is 13.9. The SMILES string of the molecule is CCc1ocnc1C(c1cc(C(C)(C)C)c(O)c(C(C)(C)C)c1)c1ccccc1O. The molecule has 0 aliphatic heterocycles. The third-order valence-electron chi connectivity index (χ3n) is 5.60. The summed E-state index contributed by atoms with van der Waals surface area (Å²) in [5, 5.41) is 21.8. The second kappa shape index (κ2) is 7.82. The number of nitrogens with zero attached hydrogens (tertiary/aromatic N) is 1. The topological polar surface area (TPSA) is 66.5 Å². The van der Waals surface area contributed by atoms with Gasteiger partial charge in [-0.05, 0) is 33.6 Å². The fourth-order valence-electron chi connectivity index (χ4n) is 3.96. The van der Waals surface area contributed by atoms with Gasteiger partial charge in [-0.15, -0.1) is 0 Å². The Morgan fingerprint density at radius 1 is 0.933 bits per heavy atom. The third kappa shape index (κ3) is 4.09. The smallest absolute Gasteiger partial charge is 0.181 e. The van der Waals surface area contributed by atoms with Gasteiger partial charge < -0.3 is 14.6 Å². The third-order valence-corrected chi connectivity index (χ3v) is 5.60. The van der Waals surface area contributed by atoms with E-state index in [1.54, 1.807) is 6.07 Å². The fourth-order valence-corrected chi connectivity index (χ4v) is 3.96. The lowest BCUT2D eigenvalue weighted by Crippen LogP contribution is -2.19. The molecule has 1 atom stereocenters. The van der Waals surface area contributed by atoms with Gasteiger partial charge in [0.2, 0.25) is 0 Å². The molecule has 160 valence electrons. The van der Waals surface area contributed by atoms with Crippen molar-refractivity contribution in [3.63, 3.8) is 0 Å². The molecule has 0 amide bonds. The maximum atomic E-state index is 11.1. The van der Waals surface area contributed by atoms with Crippen LogP contribution in [-0.2, 0) is 17.3 Å². The van der Waals surface area contributed by atoms with Crippen molar-refractivity contribution in [2.75, 3.05) is 0 Å². The largest absolute Gasteiger partial charge is 0.508 e. The van der Waals surface area contributed by atoms with Gasteiger partial charge in [0, 0.05) is 12.0 Å². The predicted octanol–water partition coefficient (Wildman–Crippen LogP) is 6.42. The minimum atomic E-state index is -0.303. The first-order valence-corrected chi connectivity index (χ1v) is 10.5. The van der Waals surface area contributed by atoms with Gasteiger partial charge in [0.25, 0.3) is 0 Å². The summed E-state index contributed by atoms with van der Waals surface area (Å²) in [6.45, 7) is 14.6. The second-order valence-corrected chi connectivity index (χ2v) is 9.97. The van der Waals surface area contributed by atoms with Gasteiger partial charge in [-0.1, -0.05) is 78.8 Å². The van der Waals surface area contributed by atoms with Gasteiger partial charge in [0.1, 0.15) is 17.3 Å². The zero-order valence-electron chi connectivity index (χ0n) is 19.1. The first kappa shape index (κ1) is 21.9. The molecule has 1 aromatic heterocycles. The molecular formula is C26H33NO3. The molecule has 1 heterocycles. The molecule has 4 heteroatoms. The van der Waals surface area contributed by atoms with E-state index in [1.165, 1.54) is 6.39 Å². The average Bonchev–Trinajstić information content (AvgIpc) is 3.11. The number of hydrogen-bond donors (Lipinski definition) is 2. The van der Waals surface area contributed by atoms with Gasteiger partial charge in [-0.2, -0.15) is 0 Å². The number of para-hydroxylation sites is 1. The summed E-state index contributed by atoms with van der Waals surface area (Å²) < 4.78 is 5.65. The maximum absolute atomic E-state index is 11.1. The van der Waals surface area contributed by atoms with Crippen LogP contribution in [0.15, 0.2) is 47.2 Å². The lowest BCUT2D eigenvalue weighted by Gasteiger charge is -2.30. The van der Waals surface area contributed by atoms with E-state index >= 15 is 0 Å². The minimum Gasteiger partial charge on any atom is -0.508 e. The summed E-state index contributed by atoms with van der Waals surface area (Å²) >= 11 is 0. The van der Waals surface area contributed by atoms with Crippen molar-refractivity contribution in [2.45, 2.75) is 71.6 Å². The van der Waals surface area contributed by atoms with Crippen LogP contribution < -0.4 is 0 Å². The van der Waals surface area contributed by atoms with Gasteiger partial charge >= 0.3 is 0 Å². The zero-order valence-corrected chi connectivity index (χ0v) is 19.1. The van der Waals surface area contributed by atoms with E-state index in [9.17, 15) is 10.2 Å². The lowest BCUT2D eigenvalue weighted by molar-refractivity contribution is 0.422.